The number of nitrogens with zero attached hydrogens (tertiary/aromatic N) is 5. The number of hydrogen-bond acceptors (Lipinski definition) is 7. The van der Waals surface area contributed by atoms with E-state index in [1.54, 1.807) is 10.9 Å². The summed E-state index contributed by atoms with van der Waals surface area (Å²) < 4.78 is 12.3. The molecule has 36 heavy (non-hydrogen) atoms. The Kier molecular flexibility index (Phi) is 8.12. The summed E-state index contributed by atoms with van der Waals surface area (Å²) in [6.45, 7) is 6.99. The molecule has 0 amide bonds. The van der Waals surface area contributed by atoms with Crippen molar-refractivity contribution in [1.29, 1.82) is 0 Å². The molecule has 0 unspecified atom stereocenters. The molecule has 188 valence electrons. The number of anilines is 2. The van der Waals surface area contributed by atoms with Crippen LogP contribution in [-0.2, 0) is 9.53 Å². The summed E-state index contributed by atoms with van der Waals surface area (Å²) in [6.07, 6.45) is 6.14. The first kappa shape index (κ1) is 25.1. The van der Waals surface area contributed by atoms with Crippen LogP contribution in [0.2, 0.25) is 0 Å². The lowest BCUT2D eigenvalue weighted by Gasteiger charge is -2.27. The van der Waals surface area contributed by atoms with Crippen molar-refractivity contribution in [3.8, 4) is 16.8 Å². The molecule has 0 atom stereocenters. The van der Waals surface area contributed by atoms with Crippen molar-refractivity contribution in [1.82, 2.24) is 20.2 Å². The maximum Gasteiger partial charge on any atom is 0.329 e. The van der Waals surface area contributed by atoms with E-state index in [1.807, 2.05) is 32.2 Å². The van der Waals surface area contributed by atoms with Crippen LogP contribution in [0.15, 0.2) is 59.4 Å². The molecule has 0 saturated heterocycles. The fourth-order valence-corrected chi connectivity index (χ4v) is 4.28. The molecule has 0 aliphatic carbocycles. The predicted octanol–water partition coefficient (Wildman–Crippen LogP) is 5.26. The fourth-order valence-electron chi connectivity index (χ4n) is 4.28. The normalized spacial score (nSPS) is 11.1. The van der Waals surface area contributed by atoms with Gasteiger partial charge in [-0.15, -0.1) is 5.10 Å². The van der Waals surface area contributed by atoms with Gasteiger partial charge in [-0.3, -0.25) is 0 Å². The Morgan fingerprint density at radius 1 is 1.08 bits per heavy atom. The molecule has 0 bridgehead atoms. The highest BCUT2D eigenvalue weighted by atomic mass is 16.5. The second kappa shape index (κ2) is 11.6. The first-order chi connectivity index (χ1) is 17.4. The molecule has 4 rings (SSSR count). The van der Waals surface area contributed by atoms with E-state index in [4.69, 9.17) is 14.4 Å². The first-order valence-corrected chi connectivity index (χ1v) is 12.0. The van der Waals surface area contributed by atoms with Gasteiger partial charge in [0.2, 0.25) is 0 Å². The van der Waals surface area contributed by atoms with Crippen molar-refractivity contribution in [2.45, 2.75) is 40.0 Å². The summed E-state index contributed by atoms with van der Waals surface area (Å²) in [6, 6.07) is 14.7. The minimum atomic E-state index is -0.941. The first-order valence-electron chi connectivity index (χ1n) is 12.0. The number of aliphatic carboxylic acids is 1. The topological polar surface area (TPSA) is 107 Å². The van der Waals surface area contributed by atoms with Crippen molar-refractivity contribution in [2.75, 3.05) is 24.7 Å². The molecule has 0 spiro atoms. The molecule has 0 saturated carbocycles. The molecule has 0 radical (unpaired) electrons. The van der Waals surface area contributed by atoms with Crippen LogP contribution in [0.3, 0.4) is 0 Å². The van der Waals surface area contributed by atoms with E-state index in [0.717, 1.165) is 71.0 Å². The van der Waals surface area contributed by atoms with Crippen LogP contribution in [0.4, 0.5) is 11.4 Å². The monoisotopic (exact) mass is 489 g/mol. The van der Waals surface area contributed by atoms with Gasteiger partial charge in [-0.25, -0.2) is 9.48 Å². The van der Waals surface area contributed by atoms with Gasteiger partial charge < -0.3 is 19.3 Å². The Hall–Kier alpha value is -3.98. The third kappa shape index (κ3) is 5.98. The van der Waals surface area contributed by atoms with Crippen LogP contribution in [0.25, 0.3) is 16.8 Å². The SMILES string of the molecule is Cc1ccc(-c2c(C)noc2C)cc1N(CCCCCOCC(=O)O)c1ccc(-n2ccnn2)cc1. The van der Waals surface area contributed by atoms with E-state index in [1.165, 1.54) is 0 Å². The third-order valence-electron chi connectivity index (χ3n) is 6.07. The number of rotatable bonds is 12. The molecule has 0 fully saturated rings. The quantitative estimate of drug-likeness (QED) is 0.269. The van der Waals surface area contributed by atoms with Gasteiger partial charge in [-0.05, 0) is 81.5 Å². The molecule has 0 aliphatic rings. The van der Waals surface area contributed by atoms with Crippen molar-refractivity contribution in [2.24, 2.45) is 0 Å². The van der Waals surface area contributed by atoms with E-state index < -0.39 is 5.97 Å². The number of unbranched alkanes of at least 4 members (excludes halogenated alkanes) is 2. The number of benzene rings is 2. The molecular formula is C27H31N5O4. The summed E-state index contributed by atoms with van der Waals surface area (Å²) in [5, 5.41) is 20.8. The van der Waals surface area contributed by atoms with E-state index in [0.29, 0.717) is 6.61 Å². The number of aryl methyl sites for hydroxylation is 3. The Bertz CT molecular complexity index is 1260. The molecule has 9 heteroatoms. The van der Waals surface area contributed by atoms with Crippen LogP contribution >= 0.6 is 0 Å². The molecule has 1 N–H and O–H groups in total. The van der Waals surface area contributed by atoms with Crippen molar-refractivity contribution in [3.05, 3.63) is 71.9 Å². The number of ether oxygens (including phenoxy) is 1. The summed E-state index contributed by atoms with van der Waals surface area (Å²) in [7, 11) is 0. The van der Waals surface area contributed by atoms with Gasteiger partial charge in [-0.1, -0.05) is 22.5 Å². The van der Waals surface area contributed by atoms with E-state index in [2.05, 4.69) is 57.6 Å². The minimum absolute atomic E-state index is 0.252. The lowest BCUT2D eigenvalue weighted by Crippen LogP contribution is -2.20. The zero-order chi connectivity index (χ0) is 25.5. The summed E-state index contributed by atoms with van der Waals surface area (Å²) in [4.78, 5) is 12.9. The lowest BCUT2D eigenvalue weighted by molar-refractivity contribution is -0.142. The molecule has 2 aromatic heterocycles. The zero-order valence-corrected chi connectivity index (χ0v) is 20.8. The standard InChI is InChI=1S/C27H31N5O4/c1-19-7-8-22(27-20(2)29-36-21(27)3)17-25(19)31(14-5-4-6-16-35-18-26(33)34)23-9-11-24(12-10-23)32-15-13-28-30-32/h7-13,15,17H,4-6,14,16,18H2,1-3H3,(H,33,34). The van der Waals surface area contributed by atoms with Gasteiger partial charge >= 0.3 is 5.97 Å². The summed E-state index contributed by atoms with van der Waals surface area (Å²) in [5.41, 5.74) is 7.24. The van der Waals surface area contributed by atoms with Crippen LogP contribution in [-0.4, -0.2) is 51.0 Å². The van der Waals surface area contributed by atoms with Crippen LogP contribution in [0.1, 0.15) is 36.3 Å². The second-order valence-corrected chi connectivity index (χ2v) is 8.72. The van der Waals surface area contributed by atoms with E-state index in [-0.39, 0.29) is 6.61 Å². The number of carboxylic acid groups (broad SMARTS) is 1. The third-order valence-corrected chi connectivity index (χ3v) is 6.07. The lowest BCUT2D eigenvalue weighted by atomic mass is 10.0. The van der Waals surface area contributed by atoms with Gasteiger partial charge in [0, 0.05) is 30.1 Å². The summed E-state index contributed by atoms with van der Waals surface area (Å²) >= 11 is 0. The largest absolute Gasteiger partial charge is 0.480 e. The van der Waals surface area contributed by atoms with Gasteiger partial charge in [0.15, 0.2) is 0 Å². The average Bonchev–Trinajstić information content (AvgIpc) is 3.52. The van der Waals surface area contributed by atoms with Crippen LogP contribution < -0.4 is 4.90 Å². The predicted molar refractivity (Wildman–Crippen MR) is 137 cm³/mol. The molecule has 9 nitrogen and oxygen atoms in total. The van der Waals surface area contributed by atoms with Crippen molar-refractivity contribution < 1.29 is 19.2 Å². The van der Waals surface area contributed by atoms with Crippen LogP contribution in [0.5, 0.6) is 0 Å². The smallest absolute Gasteiger partial charge is 0.329 e. The molecule has 0 aliphatic heterocycles. The fraction of sp³-hybridized carbons (Fsp3) is 0.333. The highest BCUT2D eigenvalue weighted by Gasteiger charge is 2.17. The Morgan fingerprint density at radius 2 is 1.89 bits per heavy atom. The van der Waals surface area contributed by atoms with Crippen molar-refractivity contribution >= 4 is 17.3 Å². The van der Waals surface area contributed by atoms with E-state index >= 15 is 0 Å². The second-order valence-electron chi connectivity index (χ2n) is 8.72. The van der Waals surface area contributed by atoms with Gasteiger partial charge in [-0.2, -0.15) is 0 Å². The number of hydrogen-bond donors (Lipinski definition) is 1. The Morgan fingerprint density at radius 3 is 2.56 bits per heavy atom. The molecule has 2 heterocycles. The maximum atomic E-state index is 10.6. The zero-order valence-electron chi connectivity index (χ0n) is 20.8. The minimum Gasteiger partial charge on any atom is -0.480 e. The molecular weight excluding hydrogens is 458 g/mol. The maximum absolute atomic E-state index is 10.6. The number of aromatic nitrogens is 4. The Balaban J connectivity index is 1.58. The van der Waals surface area contributed by atoms with E-state index in [9.17, 15) is 4.79 Å². The molecule has 2 aromatic carbocycles. The summed E-state index contributed by atoms with van der Waals surface area (Å²) in [5.74, 6) is -0.142. The van der Waals surface area contributed by atoms with Crippen LogP contribution in [0, 0.1) is 20.8 Å². The van der Waals surface area contributed by atoms with Gasteiger partial charge in [0.1, 0.15) is 12.4 Å². The Labute approximate surface area is 210 Å². The van der Waals surface area contributed by atoms with Gasteiger partial charge in [0.05, 0.1) is 23.8 Å². The number of carbonyl (C=O) groups is 1. The number of carboxylic acids is 1. The van der Waals surface area contributed by atoms with Crippen molar-refractivity contribution in [3.63, 3.8) is 0 Å². The highest BCUT2D eigenvalue weighted by Crippen LogP contribution is 2.35. The molecule has 4 aromatic rings. The average molecular weight is 490 g/mol. The highest BCUT2D eigenvalue weighted by molar-refractivity contribution is 5.76. The van der Waals surface area contributed by atoms with Gasteiger partial charge in [0.25, 0.3) is 0 Å².